The molecule has 0 atom stereocenters. The molecule has 1 aliphatic rings. The zero-order chi connectivity index (χ0) is 33.3. The van der Waals surface area contributed by atoms with Crippen molar-refractivity contribution in [2.45, 2.75) is 17.7 Å². The summed E-state index contributed by atoms with van der Waals surface area (Å²) in [6.45, 7) is 3.22. The molecule has 1 aliphatic heterocycles. The van der Waals surface area contributed by atoms with E-state index in [9.17, 15) is 18.5 Å². The Morgan fingerprint density at radius 1 is 0.958 bits per heavy atom. The molecule has 9 nitrogen and oxygen atoms in total. The van der Waals surface area contributed by atoms with Crippen LogP contribution in [0.15, 0.2) is 108 Å². The lowest BCUT2D eigenvalue weighted by Gasteiger charge is -2.20. The molecule has 240 valence electrons. The molecule has 1 N–H and O–H groups in total. The number of aromatic nitrogens is 2. The molecule has 0 spiro atoms. The van der Waals surface area contributed by atoms with E-state index in [0.717, 1.165) is 58.2 Å². The normalized spacial score (nSPS) is 13.5. The fraction of sp³-hybridized carbons (Fsp3) is 0.184. The van der Waals surface area contributed by atoms with Crippen LogP contribution in [0.2, 0.25) is 0 Å². The Morgan fingerprint density at radius 3 is 2.44 bits per heavy atom. The highest BCUT2D eigenvalue weighted by molar-refractivity contribution is 7.92. The number of hydrogen-bond donors (Lipinski definition) is 1. The number of carbonyl (C=O) groups is 1. The fourth-order valence-corrected chi connectivity index (χ4v) is 7.70. The van der Waals surface area contributed by atoms with E-state index in [1.165, 1.54) is 36.3 Å². The SMILES string of the molecule is CN(c1ccc2[nH]c3ncc(-c4ccc(C(=O)OCCN5CCCC5)cc4)c(-c4ccccc4)c3c2c1)S(=O)(=O)c1ccccc1C#N. The lowest BCUT2D eigenvalue weighted by molar-refractivity contribution is 0.0472. The van der Waals surface area contributed by atoms with Crippen LogP contribution in [0.4, 0.5) is 5.69 Å². The minimum atomic E-state index is -4.03. The molecule has 0 amide bonds. The van der Waals surface area contributed by atoms with Crippen LogP contribution >= 0.6 is 0 Å². The van der Waals surface area contributed by atoms with Gasteiger partial charge in [-0.1, -0.05) is 54.6 Å². The van der Waals surface area contributed by atoms with Gasteiger partial charge >= 0.3 is 5.97 Å². The number of ether oxygens (including phenoxy) is 1. The molecule has 2 aromatic heterocycles. The summed E-state index contributed by atoms with van der Waals surface area (Å²) in [6, 6.07) is 30.9. The second kappa shape index (κ2) is 13.0. The first kappa shape index (κ1) is 31.1. The molecule has 6 aromatic rings. The summed E-state index contributed by atoms with van der Waals surface area (Å²) in [5, 5.41) is 11.2. The number of pyridine rings is 1. The number of likely N-dealkylation sites (tertiary alicyclic amines) is 1. The zero-order valence-electron chi connectivity index (χ0n) is 26.4. The van der Waals surface area contributed by atoms with Crippen LogP contribution in [0.3, 0.4) is 0 Å². The van der Waals surface area contributed by atoms with Crippen molar-refractivity contribution in [2.24, 2.45) is 0 Å². The Balaban J connectivity index is 1.29. The third-order valence-electron chi connectivity index (χ3n) is 8.95. The van der Waals surface area contributed by atoms with Crippen LogP contribution < -0.4 is 4.31 Å². The van der Waals surface area contributed by atoms with Crippen LogP contribution in [0.1, 0.15) is 28.8 Å². The molecule has 4 aromatic carbocycles. The Bertz CT molecular complexity index is 2290. The van der Waals surface area contributed by atoms with Crippen molar-refractivity contribution in [3.8, 4) is 28.3 Å². The Kier molecular flexibility index (Phi) is 8.40. The number of nitriles is 1. The molecule has 48 heavy (non-hydrogen) atoms. The van der Waals surface area contributed by atoms with E-state index < -0.39 is 10.0 Å². The molecular weight excluding hydrogens is 623 g/mol. The van der Waals surface area contributed by atoms with Crippen molar-refractivity contribution in [1.29, 1.82) is 5.26 Å². The average Bonchev–Trinajstić information content (AvgIpc) is 3.79. The molecule has 0 bridgehead atoms. The van der Waals surface area contributed by atoms with Gasteiger partial charge in [-0.2, -0.15) is 5.26 Å². The van der Waals surface area contributed by atoms with E-state index in [4.69, 9.17) is 9.72 Å². The molecule has 0 aliphatic carbocycles. The van der Waals surface area contributed by atoms with Gasteiger partial charge in [0.25, 0.3) is 10.0 Å². The third-order valence-corrected chi connectivity index (χ3v) is 10.8. The largest absolute Gasteiger partial charge is 0.461 e. The number of rotatable bonds is 9. The van der Waals surface area contributed by atoms with Gasteiger partial charge in [0.1, 0.15) is 23.2 Å². The minimum Gasteiger partial charge on any atom is -0.461 e. The number of esters is 1. The topological polar surface area (TPSA) is 119 Å². The van der Waals surface area contributed by atoms with Crippen LogP contribution in [0.25, 0.3) is 44.2 Å². The van der Waals surface area contributed by atoms with E-state index in [-0.39, 0.29) is 16.4 Å². The standard InChI is InChI=1S/C38H33N5O4S/c1-42(48(45,46)34-12-6-5-11-29(34)24-39)30-17-18-33-31(23-30)36-35(27-9-3-2-4-10-27)32(25-40-37(36)41-33)26-13-15-28(16-14-26)38(44)47-22-21-43-19-7-8-20-43/h2-6,9-18,23,25H,7-8,19-22H2,1H3,(H,40,41). The number of carbonyl (C=O) groups excluding carboxylic acids is 1. The Morgan fingerprint density at radius 2 is 1.69 bits per heavy atom. The quantitative estimate of drug-likeness (QED) is 0.167. The van der Waals surface area contributed by atoms with Crippen molar-refractivity contribution >= 4 is 43.6 Å². The van der Waals surface area contributed by atoms with Gasteiger partial charge < -0.3 is 9.72 Å². The maximum absolute atomic E-state index is 13.7. The molecule has 0 saturated carbocycles. The highest BCUT2D eigenvalue weighted by Crippen LogP contribution is 2.41. The summed E-state index contributed by atoms with van der Waals surface area (Å²) < 4.78 is 34.1. The van der Waals surface area contributed by atoms with E-state index in [1.54, 1.807) is 30.3 Å². The van der Waals surface area contributed by atoms with Gasteiger partial charge in [-0.05, 0) is 79.5 Å². The monoisotopic (exact) mass is 655 g/mol. The number of nitrogens with zero attached hydrogens (tertiary/aromatic N) is 4. The van der Waals surface area contributed by atoms with Crippen LogP contribution in [0.5, 0.6) is 0 Å². The van der Waals surface area contributed by atoms with Gasteiger partial charge in [0.2, 0.25) is 0 Å². The number of fused-ring (bicyclic) bond motifs is 3. The number of aromatic amines is 1. The maximum atomic E-state index is 13.7. The molecule has 1 fully saturated rings. The summed E-state index contributed by atoms with van der Waals surface area (Å²) >= 11 is 0. The number of nitrogens with one attached hydrogen (secondary N) is 1. The van der Waals surface area contributed by atoms with Crippen molar-refractivity contribution in [3.63, 3.8) is 0 Å². The smallest absolute Gasteiger partial charge is 0.338 e. The molecule has 1 saturated heterocycles. The molecule has 10 heteroatoms. The first-order chi connectivity index (χ1) is 23.3. The van der Waals surface area contributed by atoms with E-state index in [2.05, 4.69) is 9.88 Å². The average molecular weight is 656 g/mol. The number of anilines is 1. The van der Waals surface area contributed by atoms with Crippen molar-refractivity contribution in [1.82, 2.24) is 14.9 Å². The maximum Gasteiger partial charge on any atom is 0.338 e. The van der Waals surface area contributed by atoms with Gasteiger partial charge in [0.15, 0.2) is 0 Å². The highest BCUT2D eigenvalue weighted by atomic mass is 32.2. The summed E-state index contributed by atoms with van der Waals surface area (Å²) in [5.41, 5.74) is 6.06. The number of sulfonamides is 1. The van der Waals surface area contributed by atoms with Crippen LogP contribution in [0, 0.1) is 11.3 Å². The third kappa shape index (κ3) is 5.79. The summed E-state index contributed by atoms with van der Waals surface area (Å²) in [7, 11) is -2.54. The zero-order valence-corrected chi connectivity index (χ0v) is 27.2. The van der Waals surface area contributed by atoms with Crippen molar-refractivity contribution in [3.05, 3.63) is 114 Å². The van der Waals surface area contributed by atoms with Crippen molar-refractivity contribution in [2.75, 3.05) is 37.6 Å². The predicted molar refractivity (Wildman–Crippen MR) is 187 cm³/mol. The van der Waals surface area contributed by atoms with Crippen molar-refractivity contribution < 1.29 is 17.9 Å². The second-order valence-corrected chi connectivity index (χ2v) is 13.8. The number of hydrogen-bond acceptors (Lipinski definition) is 7. The Labute approximate surface area is 279 Å². The van der Waals surface area contributed by atoms with Gasteiger partial charge in [-0.3, -0.25) is 9.21 Å². The van der Waals surface area contributed by atoms with Crippen LogP contribution in [-0.2, 0) is 14.8 Å². The molecular formula is C38H33N5O4S. The van der Waals surface area contributed by atoms with Gasteiger partial charge in [0.05, 0.1) is 16.8 Å². The van der Waals surface area contributed by atoms with E-state index in [0.29, 0.717) is 23.5 Å². The molecule has 3 heterocycles. The number of H-pyrrole nitrogens is 1. The Hall–Kier alpha value is -5.50. The molecule has 0 unspecified atom stereocenters. The van der Waals surface area contributed by atoms with Gasteiger partial charge in [0, 0.05) is 47.2 Å². The van der Waals surface area contributed by atoms with Gasteiger partial charge in [-0.25, -0.2) is 18.2 Å². The molecule has 7 rings (SSSR count). The lowest BCUT2D eigenvalue weighted by atomic mass is 9.92. The predicted octanol–water partition coefficient (Wildman–Crippen LogP) is 7.00. The van der Waals surface area contributed by atoms with Crippen LogP contribution in [-0.4, -0.2) is 62.5 Å². The lowest BCUT2D eigenvalue weighted by Crippen LogP contribution is -2.27. The highest BCUT2D eigenvalue weighted by Gasteiger charge is 2.26. The summed E-state index contributed by atoms with van der Waals surface area (Å²) in [5.74, 6) is -0.349. The van der Waals surface area contributed by atoms with E-state index >= 15 is 0 Å². The fourth-order valence-electron chi connectivity index (χ4n) is 6.38. The second-order valence-electron chi connectivity index (χ2n) is 11.8. The minimum absolute atomic E-state index is 0.0538. The van der Waals surface area contributed by atoms with E-state index in [1.807, 2.05) is 66.9 Å². The number of benzene rings is 4. The summed E-state index contributed by atoms with van der Waals surface area (Å²) in [6.07, 6.45) is 4.20. The first-order valence-electron chi connectivity index (χ1n) is 15.8. The molecule has 0 radical (unpaired) electrons. The first-order valence-corrected chi connectivity index (χ1v) is 17.3. The summed E-state index contributed by atoms with van der Waals surface area (Å²) in [4.78, 5) is 23.2. The van der Waals surface area contributed by atoms with Gasteiger partial charge in [-0.15, -0.1) is 0 Å².